The van der Waals surface area contributed by atoms with Gasteiger partial charge in [-0.15, -0.1) is 0 Å². The summed E-state index contributed by atoms with van der Waals surface area (Å²) in [5.74, 6) is 0. The molecule has 0 rings (SSSR count). The van der Waals surface area contributed by atoms with E-state index in [1.165, 1.54) is 0 Å². The van der Waals surface area contributed by atoms with Crippen LogP contribution < -0.4 is 5.73 Å². The minimum Gasteiger partial charge on any atom is -0.405 e. The second-order valence-corrected chi connectivity index (χ2v) is 9.43. The molecular weight excluding hydrogens is 203 g/mol. The van der Waals surface area contributed by atoms with Crippen molar-refractivity contribution in [3.05, 3.63) is 12.3 Å². The Hall–Kier alpha value is -0.360. The van der Waals surface area contributed by atoms with E-state index in [1.807, 2.05) is 13.1 Å². The van der Waals surface area contributed by atoms with Crippen LogP contribution in [0.15, 0.2) is 17.3 Å². The fourth-order valence-electron chi connectivity index (χ4n) is 2.03. The van der Waals surface area contributed by atoms with Gasteiger partial charge in [0, 0.05) is 7.05 Å². The van der Waals surface area contributed by atoms with Crippen molar-refractivity contribution in [1.29, 1.82) is 0 Å². The van der Waals surface area contributed by atoms with E-state index in [0.29, 0.717) is 0 Å². The van der Waals surface area contributed by atoms with Crippen LogP contribution in [0.4, 0.5) is 0 Å². The summed E-state index contributed by atoms with van der Waals surface area (Å²) in [6.45, 7) is 13.7. The van der Waals surface area contributed by atoms with E-state index in [1.54, 1.807) is 6.20 Å². The van der Waals surface area contributed by atoms with Crippen LogP contribution in [0, 0.1) is 0 Å². The van der Waals surface area contributed by atoms with Crippen molar-refractivity contribution in [3.63, 3.8) is 0 Å². The molecule has 0 spiro atoms. The summed E-state index contributed by atoms with van der Waals surface area (Å²) >= 11 is 0. The second-order valence-electron chi connectivity index (χ2n) is 5.62. The number of hydrogen-bond donors (Lipinski definition) is 1. The van der Waals surface area contributed by atoms with E-state index in [9.17, 15) is 0 Å². The lowest BCUT2D eigenvalue weighted by molar-refractivity contribution is 0.717. The molecule has 0 radical (unpaired) electrons. The first kappa shape index (κ1) is 14.6. The fraction of sp³-hybridized carbons (Fsp3) is 0.750. The maximum Gasteiger partial charge on any atom is 0.0597 e. The predicted molar refractivity (Wildman–Crippen MR) is 73.1 cm³/mol. The zero-order valence-corrected chi connectivity index (χ0v) is 12.0. The first-order chi connectivity index (χ1) is 6.64. The van der Waals surface area contributed by atoms with Crippen molar-refractivity contribution in [2.75, 3.05) is 7.05 Å². The molecule has 0 saturated carbocycles. The van der Waals surface area contributed by atoms with Gasteiger partial charge in [-0.2, -0.15) is 0 Å². The molecule has 3 heteroatoms. The highest BCUT2D eigenvalue weighted by atomic mass is 31.1. The molecule has 0 aliphatic heterocycles. The van der Waals surface area contributed by atoms with Crippen LogP contribution in [0.25, 0.3) is 0 Å². The van der Waals surface area contributed by atoms with E-state index in [4.69, 9.17) is 5.73 Å². The first-order valence-electron chi connectivity index (χ1n) is 5.30. The lowest BCUT2D eigenvalue weighted by atomic mass is 10.2. The second kappa shape index (κ2) is 5.12. The van der Waals surface area contributed by atoms with Gasteiger partial charge in [0.25, 0.3) is 0 Å². The first-order valence-corrected chi connectivity index (χ1v) is 6.64. The highest BCUT2D eigenvalue weighted by Gasteiger charge is 2.36. The maximum atomic E-state index is 5.48. The van der Waals surface area contributed by atoms with Gasteiger partial charge in [0.2, 0.25) is 0 Å². The summed E-state index contributed by atoms with van der Waals surface area (Å²) in [6, 6.07) is 0. The van der Waals surface area contributed by atoms with Gasteiger partial charge in [-0.05, 0) is 30.5 Å². The van der Waals surface area contributed by atoms with Crippen molar-refractivity contribution < 1.29 is 0 Å². The molecule has 0 bridgehead atoms. The third-order valence-electron chi connectivity index (χ3n) is 2.05. The third-order valence-corrected chi connectivity index (χ3v) is 5.54. The van der Waals surface area contributed by atoms with E-state index in [-0.39, 0.29) is 18.2 Å². The summed E-state index contributed by atoms with van der Waals surface area (Å²) in [5.41, 5.74) is 6.62. The molecule has 0 aliphatic carbocycles. The van der Waals surface area contributed by atoms with Crippen molar-refractivity contribution >= 4 is 13.4 Å². The average Bonchev–Trinajstić information content (AvgIpc) is 1.98. The molecule has 0 aromatic heterocycles. The highest BCUT2D eigenvalue weighted by molar-refractivity contribution is 7.78. The van der Waals surface area contributed by atoms with Gasteiger partial charge in [-0.3, -0.25) is 4.99 Å². The van der Waals surface area contributed by atoms with Crippen LogP contribution in [0.5, 0.6) is 0 Å². The smallest absolute Gasteiger partial charge is 0.0597 e. The standard InChI is InChI=1S/C12H25N2P/c1-11(2,3)15(12(4,5)6)10(14-7)8-9-13/h8-9H,13H2,1-7H3. The molecule has 0 amide bonds. The fourth-order valence-corrected chi connectivity index (χ4v) is 5.85. The quantitative estimate of drug-likeness (QED) is 0.569. The summed E-state index contributed by atoms with van der Waals surface area (Å²) in [6.07, 6.45) is 3.54. The zero-order valence-electron chi connectivity index (χ0n) is 11.1. The van der Waals surface area contributed by atoms with Crippen LogP contribution in [-0.4, -0.2) is 22.8 Å². The van der Waals surface area contributed by atoms with Gasteiger partial charge >= 0.3 is 0 Å². The Morgan fingerprint density at radius 2 is 1.47 bits per heavy atom. The summed E-state index contributed by atoms with van der Waals surface area (Å²) in [4.78, 5) is 4.39. The molecule has 15 heavy (non-hydrogen) atoms. The minimum atomic E-state index is -0.329. The highest BCUT2D eigenvalue weighted by Crippen LogP contribution is 2.60. The van der Waals surface area contributed by atoms with Gasteiger partial charge in [0.05, 0.1) is 5.45 Å². The molecule has 2 N–H and O–H groups in total. The molecule has 0 unspecified atom stereocenters. The summed E-state index contributed by atoms with van der Waals surface area (Å²) < 4.78 is 0. The van der Waals surface area contributed by atoms with Crippen molar-refractivity contribution in [2.45, 2.75) is 51.9 Å². The number of allylic oxidation sites excluding steroid dienone is 1. The number of nitrogens with two attached hydrogens (primary N) is 1. The Kier molecular flexibility index (Phi) is 4.99. The van der Waals surface area contributed by atoms with Crippen LogP contribution >= 0.6 is 7.92 Å². The molecule has 88 valence electrons. The molecule has 0 fully saturated rings. The van der Waals surface area contributed by atoms with Crippen molar-refractivity contribution in [1.82, 2.24) is 0 Å². The Morgan fingerprint density at radius 1 is 1.07 bits per heavy atom. The Bertz CT molecular complexity index is 240. The topological polar surface area (TPSA) is 38.4 Å². The molecule has 0 aliphatic rings. The Balaban J connectivity index is 5.31. The largest absolute Gasteiger partial charge is 0.405 e. The Morgan fingerprint density at radius 3 is 1.67 bits per heavy atom. The molecule has 0 saturated heterocycles. The number of hydrogen-bond acceptors (Lipinski definition) is 2. The molecule has 0 aromatic rings. The third kappa shape index (κ3) is 4.34. The number of nitrogens with zero attached hydrogens (tertiary/aromatic N) is 1. The van der Waals surface area contributed by atoms with Crippen molar-refractivity contribution in [3.8, 4) is 0 Å². The number of rotatable bonds is 2. The van der Waals surface area contributed by atoms with E-state index in [0.717, 1.165) is 5.45 Å². The lowest BCUT2D eigenvalue weighted by Gasteiger charge is -2.41. The zero-order chi connectivity index (χ0) is 12.3. The molecular formula is C12H25N2P. The molecule has 0 aromatic carbocycles. The van der Waals surface area contributed by atoms with Crippen LogP contribution in [0.3, 0.4) is 0 Å². The Labute approximate surface area is 95.8 Å². The SMILES string of the molecule is CN=C(C=CN)P(C(C)(C)C)C(C)(C)C. The van der Waals surface area contributed by atoms with E-state index >= 15 is 0 Å². The predicted octanol–water partition coefficient (Wildman–Crippen LogP) is 3.57. The summed E-state index contributed by atoms with van der Waals surface area (Å²) in [7, 11) is 1.52. The van der Waals surface area contributed by atoms with Crippen molar-refractivity contribution in [2.24, 2.45) is 10.7 Å². The van der Waals surface area contributed by atoms with Gasteiger partial charge in [-0.1, -0.05) is 41.5 Å². The molecule has 2 nitrogen and oxygen atoms in total. The van der Waals surface area contributed by atoms with Gasteiger partial charge in [0.1, 0.15) is 0 Å². The van der Waals surface area contributed by atoms with Crippen LogP contribution in [0.2, 0.25) is 0 Å². The average molecular weight is 228 g/mol. The van der Waals surface area contributed by atoms with Gasteiger partial charge in [0.15, 0.2) is 0 Å². The minimum absolute atomic E-state index is 0.252. The van der Waals surface area contributed by atoms with Gasteiger partial charge in [-0.25, -0.2) is 0 Å². The van der Waals surface area contributed by atoms with Crippen LogP contribution in [-0.2, 0) is 0 Å². The van der Waals surface area contributed by atoms with Crippen LogP contribution in [0.1, 0.15) is 41.5 Å². The maximum absolute atomic E-state index is 5.48. The lowest BCUT2D eigenvalue weighted by Crippen LogP contribution is -2.28. The summed E-state index contributed by atoms with van der Waals surface area (Å²) in [5, 5.41) is 0.504. The number of aliphatic imine (C=N–C) groups is 1. The normalized spacial score (nSPS) is 15.3. The van der Waals surface area contributed by atoms with E-state index in [2.05, 4.69) is 46.5 Å². The molecule has 0 atom stereocenters. The monoisotopic (exact) mass is 228 g/mol. The van der Waals surface area contributed by atoms with Gasteiger partial charge < -0.3 is 5.73 Å². The van der Waals surface area contributed by atoms with E-state index < -0.39 is 0 Å². The molecule has 0 heterocycles.